The highest BCUT2D eigenvalue weighted by molar-refractivity contribution is 5.76. The van der Waals surface area contributed by atoms with Crippen molar-refractivity contribution in [3.05, 3.63) is 81.7 Å². The van der Waals surface area contributed by atoms with E-state index in [0.29, 0.717) is 17.6 Å². The van der Waals surface area contributed by atoms with Gasteiger partial charge in [0.05, 0.1) is 0 Å². The van der Waals surface area contributed by atoms with Crippen LogP contribution in [0.15, 0.2) is 63.8 Å². The van der Waals surface area contributed by atoms with Crippen molar-refractivity contribution in [3.63, 3.8) is 0 Å². The minimum Gasteiger partial charge on any atom is -0.423 e. The maximum absolute atomic E-state index is 11.9. The Morgan fingerprint density at radius 3 is 2.53 bits per heavy atom. The molecule has 0 saturated heterocycles. The van der Waals surface area contributed by atoms with Gasteiger partial charge in [-0.2, -0.15) is 0 Å². The van der Waals surface area contributed by atoms with Crippen LogP contribution < -0.4 is 5.63 Å². The first-order chi connectivity index (χ1) is 9.22. The number of hydrogen-bond donors (Lipinski definition) is 0. The number of para-hydroxylation sites is 1. The SMILES string of the molecule is Cc1ccc(Cc2cc3ccccc3oc2=O)cc1. The predicted octanol–water partition coefficient (Wildman–Crippen LogP) is 3.69. The van der Waals surface area contributed by atoms with Crippen LogP contribution in [0.25, 0.3) is 11.0 Å². The Balaban J connectivity index is 2.03. The minimum absolute atomic E-state index is 0.251. The lowest BCUT2D eigenvalue weighted by atomic mass is 10.0. The van der Waals surface area contributed by atoms with E-state index in [1.165, 1.54) is 5.56 Å². The Morgan fingerprint density at radius 1 is 1.00 bits per heavy atom. The zero-order chi connectivity index (χ0) is 13.2. The fourth-order valence-corrected chi connectivity index (χ4v) is 2.15. The fourth-order valence-electron chi connectivity index (χ4n) is 2.15. The molecule has 2 heteroatoms. The van der Waals surface area contributed by atoms with Gasteiger partial charge in [-0.3, -0.25) is 0 Å². The summed E-state index contributed by atoms with van der Waals surface area (Å²) in [7, 11) is 0. The van der Waals surface area contributed by atoms with Gasteiger partial charge in [-0.05, 0) is 24.6 Å². The van der Waals surface area contributed by atoms with Crippen LogP contribution in [-0.2, 0) is 6.42 Å². The third-order valence-electron chi connectivity index (χ3n) is 3.23. The van der Waals surface area contributed by atoms with Crippen LogP contribution in [-0.4, -0.2) is 0 Å². The van der Waals surface area contributed by atoms with Crippen molar-refractivity contribution < 1.29 is 4.42 Å². The first kappa shape index (κ1) is 11.7. The molecule has 0 radical (unpaired) electrons. The number of benzene rings is 2. The van der Waals surface area contributed by atoms with Crippen LogP contribution in [0.3, 0.4) is 0 Å². The summed E-state index contributed by atoms with van der Waals surface area (Å²) < 4.78 is 5.33. The van der Waals surface area contributed by atoms with Crippen LogP contribution in [0, 0.1) is 6.92 Å². The lowest BCUT2D eigenvalue weighted by Gasteiger charge is -2.03. The molecular formula is C17H14O2. The molecule has 0 aliphatic carbocycles. The number of hydrogen-bond acceptors (Lipinski definition) is 2. The van der Waals surface area contributed by atoms with Crippen molar-refractivity contribution >= 4 is 11.0 Å². The van der Waals surface area contributed by atoms with Gasteiger partial charge in [-0.1, -0.05) is 48.0 Å². The van der Waals surface area contributed by atoms with E-state index in [2.05, 4.69) is 12.1 Å². The smallest absolute Gasteiger partial charge is 0.339 e. The van der Waals surface area contributed by atoms with E-state index in [-0.39, 0.29) is 5.63 Å². The molecule has 1 aromatic heterocycles. The molecule has 1 heterocycles. The predicted molar refractivity (Wildman–Crippen MR) is 76.5 cm³/mol. The van der Waals surface area contributed by atoms with E-state index < -0.39 is 0 Å². The molecule has 0 spiro atoms. The molecule has 3 aromatic rings. The molecular weight excluding hydrogens is 236 g/mol. The van der Waals surface area contributed by atoms with Crippen LogP contribution in [0.4, 0.5) is 0 Å². The van der Waals surface area contributed by atoms with Crippen LogP contribution in [0.2, 0.25) is 0 Å². The molecule has 0 fully saturated rings. The summed E-state index contributed by atoms with van der Waals surface area (Å²) in [6, 6.07) is 17.7. The molecule has 0 unspecified atom stereocenters. The van der Waals surface area contributed by atoms with Gasteiger partial charge in [0, 0.05) is 17.4 Å². The molecule has 0 bridgehead atoms. The highest BCUT2D eigenvalue weighted by Crippen LogP contribution is 2.15. The van der Waals surface area contributed by atoms with Crippen molar-refractivity contribution in [3.8, 4) is 0 Å². The summed E-state index contributed by atoms with van der Waals surface area (Å²) in [5.74, 6) is 0. The third-order valence-corrected chi connectivity index (χ3v) is 3.23. The molecule has 0 saturated carbocycles. The van der Waals surface area contributed by atoms with Gasteiger partial charge >= 0.3 is 5.63 Å². The van der Waals surface area contributed by atoms with Crippen molar-refractivity contribution in [2.45, 2.75) is 13.3 Å². The number of rotatable bonds is 2. The van der Waals surface area contributed by atoms with E-state index in [4.69, 9.17) is 4.42 Å². The highest BCUT2D eigenvalue weighted by atomic mass is 16.4. The zero-order valence-corrected chi connectivity index (χ0v) is 10.7. The Morgan fingerprint density at radius 2 is 1.74 bits per heavy atom. The summed E-state index contributed by atoms with van der Waals surface area (Å²) in [5.41, 5.74) is 3.42. The normalized spacial score (nSPS) is 10.8. The van der Waals surface area contributed by atoms with Crippen LogP contribution >= 0.6 is 0 Å². The minimum atomic E-state index is -0.251. The summed E-state index contributed by atoms with van der Waals surface area (Å²) in [6.07, 6.45) is 0.605. The fraction of sp³-hybridized carbons (Fsp3) is 0.118. The zero-order valence-electron chi connectivity index (χ0n) is 10.7. The summed E-state index contributed by atoms with van der Waals surface area (Å²) >= 11 is 0. The molecule has 0 atom stereocenters. The molecule has 0 aliphatic heterocycles. The lowest BCUT2D eigenvalue weighted by molar-refractivity contribution is 0.552. The van der Waals surface area contributed by atoms with E-state index in [1.54, 1.807) is 0 Å². The molecule has 2 aromatic carbocycles. The van der Waals surface area contributed by atoms with E-state index >= 15 is 0 Å². The monoisotopic (exact) mass is 250 g/mol. The van der Waals surface area contributed by atoms with E-state index in [0.717, 1.165) is 10.9 Å². The molecule has 19 heavy (non-hydrogen) atoms. The van der Waals surface area contributed by atoms with Gasteiger partial charge in [-0.15, -0.1) is 0 Å². The second kappa shape index (κ2) is 4.73. The maximum atomic E-state index is 11.9. The topological polar surface area (TPSA) is 30.2 Å². The van der Waals surface area contributed by atoms with Gasteiger partial charge in [0.1, 0.15) is 5.58 Å². The first-order valence-corrected chi connectivity index (χ1v) is 6.30. The standard InChI is InChI=1S/C17H14O2/c1-12-6-8-13(9-7-12)10-15-11-14-4-2-3-5-16(14)19-17(15)18/h2-9,11H,10H2,1H3. The quantitative estimate of drug-likeness (QED) is 0.649. The average molecular weight is 250 g/mol. The highest BCUT2D eigenvalue weighted by Gasteiger charge is 2.05. The second-order valence-corrected chi connectivity index (χ2v) is 4.76. The van der Waals surface area contributed by atoms with Crippen LogP contribution in [0.1, 0.15) is 16.7 Å². The number of fused-ring (bicyclic) bond motifs is 1. The van der Waals surface area contributed by atoms with Gasteiger partial charge in [-0.25, -0.2) is 4.79 Å². The lowest BCUT2D eigenvalue weighted by Crippen LogP contribution is -2.07. The van der Waals surface area contributed by atoms with E-state index in [9.17, 15) is 4.79 Å². The Bertz CT molecular complexity index is 767. The molecule has 0 aliphatic rings. The van der Waals surface area contributed by atoms with Gasteiger partial charge in [0.25, 0.3) is 0 Å². The van der Waals surface area contributed by atoms with Crippen LogP contribution in [0.5, 0.6) is 0 Å². The van der Waals surface area contributed by atoms with Gasteiger partial charge in [0.15, 0.2) is 0 Å². The van der Waals surface area contributed by atoms with E-state index in [1.807, 2.05) is 49.4 Å². The third kappa shape index (κ3) is 2.43. The molecule has 2 nitrogen and oxygen atoms in total. The average Bonchev–Trinajstić information content (AvgIpc) is 2.42. The summed E-state index contributed by atoms with van der Waals surface area (Å²) in [4.78, 5) is 11.9. The van der Waals surface area contributed by atoms with Gasteiger partial charge in [0.2, 0.25) is 0 Å². The molecule has 3 rings (SSSR count). The van der Waals surface area contributed by atoms with Crippen molar-refractivity contribution in [1.29, 1.82) is 0 Å². The Hall–Kier alpha value is -2.35. The maximum Gasteiger partial charge on any atom is 0.339 e. The number of aryl methyl sites for hydroxylation is 1. The Kier molecular flexibility index (Phi) is 2.92. The summed E-state index contributed by atoms with van der Waals surface area (Å²) in [6.45, 7) is 2.05. The second-order valence-electron chi connectivity index (χ2n) is 4.76. The van der Waals surface area contributed by atoms with Crippen molar-refractivity contribution in [1.82, 2.24) is 0 Å². The molecule has 0 N–H and O–H groups in total. The molecule has 0 amide bonds. The summed E-state index contributed by atoms with van der Waals surface area (Å²) in [5, 5.41) is 0.962. The first-order valence-electron chi connectivity index (χ1n) is 6.30. The van der Waals surface area contributed by atoms with Crippen molar-refractivity contribution in [2.24, 2.45) is 0 Å². The molecule has 94 valence electrons. The van der Waals surface area contributed by atoms with Crippen molar-refractivity contribution in [2.75, 3.05) is 0 Å². The Labute approximate surface area is 111 Å². The largest absolute Gasteiger partial charge is 0.423 e. The van der Waals surface area contributed by atoms with Gasteiger partial charge < -0.3 is 4.42 Å².